The predicted molar refractivity (Wildman–Crippen MR) is 80.1 cm³/mol. The van der Waals surface area contributed by atoms with Gasteiger partial charge in [-0.15, -0.1) is 11.8 Å². The van der Waals surface area contributed by atoms with Gasteiger partial charge < -0.3 is 10.1 Å². The molecular weight excluding hydrogens is 274 g/mol. The first-order chi connectivity index (χ1) is 9.49. The fourth-order valence-corrected chi connectivity index (χ4v) is 3.48. The summed E-state index contributed by atoms with van der Waals surface area (Å²) in [5.41, 5.74) is 1.18. The van der Waals surface area contributed by atoms with E-state index >= 15 is 0 Å². The Balaban J connectivity index is 2.04. The molecular formula is C14H21N3O2S. The Morgan fingerprint density at radius 2 is 2.10 bits per heavy atom. The molecule has 0 unspecified atom stereocenters. The van der Waals surface area contributed by atoms with Crippen molar-refractivity contribution in [3.05, 3.63) is 11.4 Å². The maximum absolute atomic E-state index is 11.4. The number of nitrogens with one attached hydrogen (secondary N) is 1. The summed E-state index contributed by atoms with van der Waals surface area (Å²) in [5, 5.41) is 4.09. The van der Waals surface area contributed by atoms with Gasteiger partial charge in [0.25, 0.3) is 0 Å². The van der Waals surface area contributed by atoms with E-state index < -0.39 is 0 Å². The minimum Gasteiger partial charge on any atom is -0.469 e. The van der Waals surface area contributed by atoms with E-state index in [9.17, 15) is 4.79 Å². The average Bonchev–Trinajstić information content (AvgIpc) is 3.19. The first kappa shape index (κ1) is 15.1. The number of anilines is 1. The SMILES string of the molecule is CNc1nc(C)nc(SCC2(CC(=O)OC)CC2)c1C. The molecule has 0 radical (unpaired) electrons. The number of esters is 1. The molecule has 1 aromatic heterocycles. The molecule has 1 aliphatic carbocycles. The second-order valence-electron chi connectivity index (χ2n) is 5.34. The summed E-state index contributed by atoms with van der Waals surface area (Å²) in [7, 11) is 3.31. The zero-order valence-electron chi connectivity index (χ0n) is 12.4. The maximum Gasteiger partial charge on any atom is 0.306 e. The van der Waals surface area contributed by atoms with Gasteiger partial charge in [0.15, 0.2) is 0 Å². The smallest absolute Gasteiger partial charge is 0.306 e. The molecule has 0 spiro atoms. The zero-order chi connectivity index (χ0) is 14.8. The van der Waals surface area contributed by atoms with Crippen molar-refractivity contribution >= 4 is 23.5 Å². The molecule has 1 aliphatic rings. The summed E-state index contributed by atoms with van der Waals surface area (Å²) in [6, 6.07) is 0. The van der Waals surface area contributed by atoms with Crippen LogP contribution in [0.4, 0.5) is 5.82 Å². The Kier molecular flexibility index (Phi) is 4.52. The quantitative estimate of drug-likeness (QED) is 0.494. The molecule has 0 aromatic carbocycles. The third kappa shape index (κ3) is 3.42. The number of hydrogen-bond donors (Lipinski definition) is 1. The lowest BCUT2D eigenvalue weighted by Gasteiger charge is -2.15. The van der Waals surface area contributed by atoms with Crippen LogP contribution in [0.2, 0.25) is 0 Å². The number of hydrogen-bond acceptors (Lipinski definition) is 6. The Morgan fingerprint density at radius 3 is 2.65 bits per heavy atom. The van der Waals surface area contributed by atoms with E-state index in [0.717, 1.165) is 40.8 Å². The topological polar surface area (TPSA) is 64.1 Å². The highest BCUT2D eigenvalue weighted by Gasteiger charge is 2.44. The highest BCUT2D eigenvalue weighted by molar-refractivity contribution is 7.99. The third-order valence-electron chi connectivity index (χ3n) is 3.67. The maximum atomic E-state index is 11.4. The van der Waals surface area contributed by atoms with Crippen molar-refractivity contribution in [3.8, 4) is 0 Å². The predicted octanol–water partition coefficient (Wildman–Crippen LogP) is 2.57. The van der Waals surface area contributed by atoms with Gasteiger partial charge in [-0.2, -0.15) is 0 Å². The molecule has 0 atom stereocenters. The van der Waals surface area contributed by atoms with Gasteiger partial charge in [0.2, 0.25) is 0 Å². The van der Waals surface area contributed by atoms with E-state index in [2.05, 4.69) is 15.3 Å². The molecule has 1 heterocycles. The Morgan fingerprint density at radius 1 is 1.40 bits per heavy atom. The van der Waals surface area contributed by atoms with Gasteiger partial charge in [0.05, 0.1) is 13.5 Å². The Labute approximate surface area is 123 Å². The number of rotatable bonds is 6. The van der Waals surface area contributed by atoms with Crippen LogP contribution in [0.25, 0.3) is 0 Å². The molecule has 6 heteroatoms. The van der Waals surface area contributed by atoms with E-state index in [-0.39, 0.29) is 11.4 Å². The molecule has 0 aliphatic heterocycles. The van der Waals surface area contributed by atoms with Gasteiger partial charge in [0, 0.05) is 18.4 Å². The summed E-state index contributed by atoms with van der Waals surface area (Å²) in [4.78, 5) is 20.3. The van der Waals surface area contributed by atoms with Gasteiger partial charge in [0.1, 0.15) is 16.7 Å². The normalized spacial score (nSPS) is 15.8. The van der Waals surface area contributed by atoms with Crippen molar-refractivity contribution in [3.63, 3.8) is 0 Å². The van der Waals surface area contributed by atoms with Gasteiger partial charge in [-0.1, -0.05) is 0 Å². The van der Waals surface area contributed by atoms with Crippen LogP contribution in [0.15, 0.2) is 5.03 Å². The molecule has 1 N–H and O–H groups in total. The van der Waals surface area contributed by atoms with Crippen LogP contribution in [0.5, 0.6) is 0 Å². The summed E-state index contributed by atoms with van der Waals surface area (Å²) in [6.07, 6.45) is 2.70. The average molecular weight is 295 g/mol. The molecule has 2 rings (SSSR count). The highest BCUT2D eigenvalue weighted by Crippen LogP contribution is 2.52. The summed E-state index contributed by atoms with van der Waals surface area (Å²) in [5.74, 6) is 2.43. The molecule has 0 amide bonds. The van der Waals surface area contributed by atoms with Gasteiger partial charge in [-0.25, -0.2) is 9.97 Å². The lowest BCUT2D eigenvalue weighted by atomic mass is 10.1. The molecule has 1 aromatic rings. The van der Waals surface area contributed by atoms with Crippen LogP contribution in [0, 0.1) is 19.3 Å². The molecule has 1 fully saturated rings. The number of methoxy groups -OCH3 is 1. The summed E-state index contributed by atoms with van der Waals surface area (Å²) >= 11 is 1.71. The van der Waals surface area contributed by atoms with Crippen molar-refractivity contribution in [1.82, 2.24) is 9.97 Å². The van der Waals surface area contributed by atoms with Crippen molar-refractivity contribution in [1.29, 1.82) is 0 Å². The Bertz CT molecular complexity index is 515. The van der Waals surface area contributed by atoms with Crippen LogP contribution in [0.1, 0.15) is 30.7 Å². The number of aromatic nitrogens is 2. The van der Waals surface area contributed by atoms with E-state index in [1.807, 2.05) is 20.9 Å². The summed E-state index contributed by atoms with van der Waals surface area (Å²) in [6.45, 7) is 3.92. The Hall–Kier alpha value is -1.30. The van der Waals surface area contributed by atoms with Gasteiger partial charge in [-0.3, -0.25) is 4.79 Å². The fraction of sp³-hybridized carbons (Fsp3) is 0.643. The minimum absolute atomic E-state index is 0.114. The molecule has 20 heavy (non-hydrogen) atoms. The largest absolute Gasteiger partial charge is 0.469 e. The third-order valence-corrected chi connectivity index (χ3v) is 5.10. The van der Waals surface area contributed by atoms with E-state index in [0.29, 0.717) is 6.42 Å². The zero-order valence-corrected chi connectivity index (χ0v) is 13.3. The van der Waals surface area contributed by atoms with E-state index in [4.69, 9.17) is 4.74 Å². The summed E-state index contributed by atoms with van der Waals surface area (Å²) < 4.78 is 4.77. The lowest BCUT2D eigenvalue weighted by molar-refractivity contribution is -0.141. The molecule has 5 nitrogen and oxygen atoms in total. The highest BCUT2D eigenvalue weighted by atomic mass is 32.2. The number of aryl methyl sites for hydroxylation is 1. The van der Waals surface area contributed by atoms with Gasteiger partial charge in [-0.05, 0) is 32.1 Å². The van der Waals surface area contributed by atoms with Crippen molar-refractivity contribution < 1.29 is 9.53 Å². The number of carbonyl (C=O) groups excluding carboxylic acids is 1. The van der Waals surface area contributed by atoms with Gasteiger partial charge >= 0.3 is 5.97 Å². The van der Waals surface area contributed by atoms with Crippen LogP contribution in [-0.2, 0) is 9.53 Å². The lowest BCUT2D eigenvalue weighted by Crippen LogP contribution is -2.13. The number of nitrogens with zero attached hydrogens (tertiary/aromatic N) is 2. The van der Waals surface area contributed by atoms with Crippen LogP contribution < -0.4 is 5.32 Å². The minimum atomic E-state index is -0.116. The number of thioether (sulfide) groups is 1. The first-order valence-electron chi connectivity index (χ1n) is 6.72. The van der Waals surface area contributed by atoms with E-state index in [1.54, 1.807) is 11.8 Å². The van der Waals surface area contributed by atoms with Crippen LogP contribution in [-0.4, -0.2) is 35.8 Å². The monoisotopic (exact) mass is 295 g/mol. The number of ether oxygens (including phenoxy) is 1. The standard InChI is InChI=1S/C14H21N3O2S/c1-9-12(15-3)16-10(2)17-13(9)20-8-14(5-6-14)7-11(18)19-4/h5-8H2,1-4H3,(H,15,16,17). The van der Waals surface area contributed by atoms with Crippen molar-refractivity contribution in [2.75, 3.05) is 25.2 Å². The fourth-order valence-electron chi connectivity index (χ4n) is 2.14. The molecule has 110 valence electrons. The van der Waals surface area contributed by atoms with Crippen molar-refractivity contribution in [2.45, 2.75) is 38.1 Å². The van der Waals surface area contributed by atoms with Crippen molar-refractivity contribution in [2.24, 2.45) is 5.41 Å². The first-order valence-corrected chi connectivity index (χ1v) is 7.71. The van der Waals surface area contributed by atoms with Crippen LogP contribution >= 0.6 is 11.8 Å². The second kappa shape index (κ2) is 5.99. The number of carbonyl (C=O) groups is 1. The van der Waals surface area contributed by atoms with E-state index in [1.165, 1.54) is 7.11 Å². The molecule has 0 bridgehead atoms. The second-order valence-corrected chi connectivity index (χ2v) is 6.31. The van der Waals surface area contributed by atoms with Crippen LogP contribution in [0.3, 0.4) is 0 Å². The molecule has 0 saturated heterocycles. The molecule has 1 saturated carbocycles.